The molecule has 0 bridgehead atoms. The number of rotatable bonds is 8. The van der Waals surface area contributed by atoms with Crippen molar-refractivity contribution >= 4 is 16.7 Å². The van der Waals surface area contributed by atoms with Crippen molar-refractivity contribution in [3.05, 3.63) is 102 Å². The largest absolute Gasteiger partial charge is 0.345 e. The van der Waals surface area contributed by atoms with E-state index < -0.39 is 10.8 Å². The third kappa shape index (κ3) is 5.58. The van der Waals surface area contributed by atoms with Crippen LogP contribution < -0.4 is 0 Å². The normalized spacial score (nSPS) is 20.3. The number of likely N-dealkylation sites (tertiary alicyclic amines) is 1. The van der Waals surface area contributed by atoms with Gasteiger partial charge >= 0.3 is 0 Å². The van der Waals surface area contributed by atoms with Gasteiger partial charge in [-0.25, -0.2) is 0 Å². The molecule has 3 aromatic rings. The lowest BCUT2D eigenvalue weighted by Crippen LogP contribution is -2.44. The Morgan fingerprint density at radius 1 is 0.919 bits per heavy atom. The van der Waals surface area contributed by atoms with Gasteiger partial charge in [-0.1, -0.05) is 78.9 Å². The van der Waals surface area contributed by atoms with Crippen LogP contribution >= 0.6 is 0 Å². The summed E-state index contributed by atoms with van der Waals surface area (Å²) < 4.78 is 12.8. The zero-order valence-corrected chi connectivity index (χ0v) is 22.8. The van der Waals surface area contributed by atoms with Gasteiger partial charge in [0.05, 0.1) is 16.7 Å². The number of piperidine rings is 1. The second kappa shape index (κ2) is 11.3. The monoisotopic (exact) mass is 514 g/mol. The van der Waals surface area contributed by atoms with E-state index in [0.717, 1.165) is 55.1 Å². The molecule has 1 spiro atoms. The summed E-state index contributed by atoms with van der Waals surface area (Å²) in [7, 11) is 1.08. The van der Waals surface area contributed by atoms with Gasteiger partial charge in [0.1, 0.15) is 0 Å². The molecule has 3 atom stereocenters. The van der Waals surface area contributed by atoms with Crippen molar-refractivity contribution in [2.75, 3.05) is 39.0 Å². The molecule has 0 saturated carbocycles. The highest BCUT2D eigenvalue weighted by molar-refractivity contribution is 7.85. The van der Waals surface area contributed by atoms with Gasteiger partial charge in [0.25, 0.3) is 0 Å². The summed E-state index contributed by atoms with van der Waals surface area (Å²) in [5.74, 6) is 1.08. The molecule has 194 valence electrons. The summed E-state index contributed by atoms with van der Waals surface area (Å²) in [5, 5.41) is 0. The molecule has 2 unspecified atom stereocenters. The Hall–Kier alpha value is -2.76. The molecule has 2 aliphatic rings. The van der Waals surface area contributed by atoms with E-state index in [2.05, 4.69) is 47.4 Å². The van der Waals surface area contributed by atoms with Crippen molar-refractivity contribution in [2.45, 2.75) is 48.3 Å². The van der Waals surface area contributed by atoms with Crippen LogP contribution in [0.4, 0.5) is 0 Å². The smallest absolute Gasteiger partial charge is 0.229 e. The predicted octanol–water partition coefficient (Wildman–Crippen LogP) is 5.58. The Balaban J connectivity index is 1.22. The maximum atomic E-state index is 13.3. The van der Waals surface area contributed by atoms with E-state index in [-0.39, 0.29) is 23.2 Å². The molecule has 1 saturated heterocycles. The van der Waals surface area contributed by atoms with E-state index >= 15 is 0 Å². The second-order valence-electron chi connectivity index (χ2n) is 10.9. The average Bonchev–Trinajstić information content (AvgIpc) is 3.22. The summed E-state index contributed by atoms with van der Waals surface area (Å²) in [6.45, 7) is 5.80. The number of nitrogens with zero attached hydrogens (tertiary/aromatic N) is 2. The number of hydrogen-bond donors (Lipinski definition) is 0. The van der Waals surface area contributed by atoms with Crippen LogP contribution in [0.1, 0.15) is 54.7 Å². The molecule has 5 heteroatoms. The highest BCUT2D eigenvalue weighted by atomic mass is 32.2. The van der Waals surface area contributed by atoms with Gasteiger partial charge in [-0.15, -0.1) is 0 Å². The quantitative estimate of drug-likeness (QED) is 0.394. The van der Waals surface area contributed by atoms with Crippen LogP contribution in [0.15, 0.2) is 89.8 Å². The third-order valence-electron chi connectivity index (χ3n) is 8.53. The first-order valence-electron chi connectivity index (χ1n) is 13.5. The summed E-state index contributed by atoms with van der Waals surface area (Å²) in [5.41, 5.74) is 3.76. The fourth-order valence-electron chi connectivity index (χ4n) is 6.19. The van der Waals surface area contributed by atoms with Gasteiger partial charge in [0.2, 0.25) is 5.91 Å². The van der Waals surface area contributed by atoms with Gasteiger partial charge in [-0.3, -0.25) is 9.00 Å². The molecule has 0 aliphatic carbocycles. The van der Waals surface area contributed by atoms with Gasteiger partial charge in [-0.2, -0.15) is 0 Å². The summed E-state index contributed by atoms with van der Waals surface area (Å²) >= 11 is 0. The first-order valence-corrected chi connectivity index (χ1v) is 14.8. The Morgan fingerprint density at radius 3 is 2.19 bits per heavy atom. The van der Waals surface area contributed by atoms with Crippen LogP contribution in [0.3, 0.4) is 0 Å². The lowest BCUT2D eigenvalue weighted by atomic mass is 9.74. The van der Waals surface area contributed by atoms with Crippen molar-refractivity contribution < 1.29 is 9.00 Å². The summed E-state index contributed by atoms with van der Waals surface area (Å²) in [6, 6.07) is 29.0. The van der Waals surface area contributed by atoms with Crippen LogP contribution in [0.25, 0.3) is 0 Å². The van der Waals surface area contributed by atoms with Crippen molar-refractivity contribution in [2.24, 2.45) is 0 Å². The van der Waals surface area contributed by atoms with E-state index in [4.69, 9.17) is 0 Å². The van der Waals surface area contributed by atoms with Crippen LogP contribution in [-0.4, -0.2) is 58.9 Å². The molecular weight excluding hydrogens is 476 g/mol. The second-order valence-corrected chi connectivity index (χ2v) is 12.3. The minimum Gasteiger partial charge on any atom is -0.345 e. The molecule has 2 aliphatic heterocycles. The molecule has 1 amide bonds. The number of hydrogen-bond acceptors (Lipinski definition) is 3. The number of likely N-dealkylation sites (N-methyl/N-ethyl adjacent to an activating group) is 1. The molecule has 0 aromatic heterocycles. The van der Waals surface area contributed by atoms with Crippen molar-refractivity contribution in [1.82, 2.24) is 9.80 Å². The Morgan fingerprint density at radius 2 is 1.51 bits per heavy atom. The first-order chi connectivity index (χ1) is 18.0. The fourth-order valence-corrected chi connectivity index (χ4v) is 8.05. The highest BCUT2D eigenvalue weighted by Crippen LogP contribution is 2.44. The molecule has 0 radical (unpaired) electrons. The minimum absolute atomic E-state index is 0.0804. The Kier molecular flexibility index (Phi) is 7.92. The lowest BCUT2D eigenvalue weighted by Gasteiger charge is -2.40. The van der Waals surface area contributed by atoms with E-state index in [1.807, 2.05) is 61.3 Å². The van der Waals surface area contributed by atoms with E-state index in [1.165, 1.54) is 11.1 Å². The topological polar surface area (TPSA) is 40.6 Å². The zero-order valence-electron chi connectivity index (χ0n) is 22.0. The number of benzene rings is 3. The zero-order chi connectivity index (χ0) is 25.8. The lowest BCUT2D eigenvalue weighted by molar-refractivity contribution is -0.131. The highest BCUT2D eigenvalue weighted by Gasteiger charge is 2.44. The maximum Gasteiger partial charge on any atom is 0.229 e. The van der Waals surface area contributed by atoms with E-state index in [0.29, 0.717) is 6.54 Å². The predicted molar refractivity (Wildman–Crippen MR) is 151 cm³/mol. The molecule has 4 nitrogen and oxygen atoms in total. The maximum absolute atomic E-state index is 13.3. The third-order valence-corrected chi connectivity index (χ3v) is 10.2. The number of carbonyl (C=O) groups is 1. The van der Waals surface area contributed by atoms with Crippen molar-refractivity contribution in [1.29, 1.82) is 0 Å². The Bertz CT molecular complexity index is 1220. The van der Waals surface area contributed by atoms with Crippen molar-refractivity contribution in [3.8, 4) is 0 Å². The van der Waals surface area contributed by atoms with Crippen molar-refractivity contribution in [3.63, 3.8) is 0 Å². The first kappa shape index (κ1) is 25.9. The van der Waals surface area contributed by atoms with Crippen LogP contribution in [0.2, 0.25) is 0 Å². The molecule has 3 aromatic carbocycles. The average molecular weight is 515 g/mol. The van der Waals surface area contributed by atoms with Gasteiger partial charge in [-0.05, 0) is 68.6 Å². The molecule has 1 fully saturated rings. The van der Waals surface area contributed by atoms with Crippen LogP contribution in [0.5, 0.6) is 0 Å². The van der Waals surface area contributed by atoms with Gasteiger partial charge < -0.3 is 9.80 Å². The Labute approximate surface area is 224 Å². The van der Waals surface area contributed by atoms with Crippen LogP contribution in [-0.2, 0) is 21.0 Å². The summed E-state index contributed by atoms with van der Waals surface area (Å²) in [6.07, 6.45) is 3.15. The molecule has 37 heavy (non-hydrogen) atoms. The molecule has 5 rings (SSSR count). The summed E-state index contributed by atoms with van der Waals surface area (Å²) in [4.78, 5) is 18.8. The number of fused-ring (bicyclic) bond motifs is 2. The SMILES string of the molecule is C[C@H](C(=O)N(C)CC(CCN1CCC2(CC1)CS(=O)c1ccccc12)c1ccccc1)c1ccccc1. The molecular formula is C32H38N2O2S. The molecule has 2 heterocycles. The molecule has 0 N–H and O–H groups in total. The fraction of sp³-hybridized carbons (Fsp3) is 0.406. The van der Waals surface area contributed by atoms with E-state index in [1.54, 1.807) is 0 Å². The van der Waals surface area contributed by atoms with E-state index in [9.17, 15) is 9.00 Å². The van der Waals surface area contributed by atoms with Gasteiger partial charge in [0.15, 0.2) is 0 Å². The standard InChI is InChI=1S/C32H38N2O2S/c1-25(26-11-5-3-6-12-26)31(35)33(2)23-28(27-13-7-4-8-14-27)17-20-34-21-18-32(19-22-34)24-37(36)30-16-10-9-15-29(30)32/h3-16,25,28H,17-24H2,1-2H3/t25-,28?,37?/m0/s1. The minimum atomic E-state index is -0.867. The van der Waals surface area contributed by atoms with Crippen LogP contribution in [0, 0.1) is 0 Å². The number of amides is 1. The number of carbonyl (C=O) groups excluding carboxylic acids is 1. The van der Waals surface area contributed by atoms with Gasteiger partial charge in [0, 0.05) is 35.6 Å².